The lowest BCUT2D eigenvalue weighted by molar-refractivity contribution is 0.439. The van der Waals surface area contributed by atoms with E-state index in [1.165, 1.54) is 5.56 Å². The minimum absolute atomic E-state index is 0.343. The molecule has 0 aliphatic heterocycles. The van der Waals surface area contributed by atoms with Crippen molar-refractivity contribution < 1.29 is 4.52 Å². The fraction of sp³-hybridized carbons (Fsp3) is 0.118. The molecular formula is C17H15BrN2O. The van der Waals surface area contributed by atoms with Crippen molar-refractivity contribution in [1.29, 1.82) is 0 Å². The SMILES string of the molecule is Cc1cccc(-c2c(-c3cc(Br)ccc3C)noc2N)c1. The highest BCUT2D eigenvalue weighted by Crippen LogP contribution is 2.38. The van der Waals surface area contributed by atoms with E-state index in [1.807, 2.05) is 37.3 Å². The summed E-state index contributed by atoms with van der Waals surface area (Å²) in [5, 5.41) is 4.17. The molecule has 2 N–H and O–H groups in total. The van der Waals surface area contributed by atoms with E-state index in [4.69, 9.17) is 10.3 Å². The van der Waals surface area contributed by atoms with Gasteiger partial charge in [0.1, 0.15) is 5.69 Å². The molecule has 0 spiro atoms. The minimum atomic E-state index is 0.343. The molecule has 0 radical (unpaired) electrons. The predicted molar refractivity (Wildman–Crippen MR) is 89.0 cm³/mol. The molecular weight excluding hydrogens is 328 g/mol. The lowest BCUT2D eigenvalue weighted by atomic mass is 9.97. The van der Waals surface area contributed by atoms with Crippen molar-refractivity contribution in [1.82, 2.24) is 5.16 Å². The van der Waals surface area contributed by atoms with E-state index in [1.54, 1.807) is 0 Å². The van der Waals surface area contributed by atoms with Gasteiger partial charge in [-0.2, -0.15) is 0 Å². The molecule has 3 nitrogen and oxygen atoms in total. The maximum Gasteiger partial charge on any atom is 0.230 e. The third kappa shape index (κ3) is 2.59. The highest BCUT2D eigenvalue weighted by molar-refractivity contribution is 9.10. The van der Waals surface area contributed by atoms with Gasteiger partial charge in [0.2, 0.25) is 5.88 Å². The van der Waals surface area contributed by atoms with Crippen LogP contribution in [0.15, 0.2) is 51.5 Å². The first-order valence-corrected chi connectivity index (χ1v) is 7.44. The van der Waals surface area contributed by atoms with E-state index < -0.39 is 0 Å². The number of aromatic nitrogens is 1. The molecule has 0 fully saturated rings. The fourth-order valence-corrected chi connectivity index (χ4v) is 2.78. The van der Waals surface area contributed by atoms with Crippen molar-refractivity contribution in [2.75, 3.05) is 5.73 Å². The Bertz CT molecular complexity index is 808. The zero-order valence-corrected chi connectivity index (χ0v) is 13.4. The molecule has 0 aliphatic rings. The first-order valence-electron chi connectivity index (χ1n) is 6.65. The predicted octanol–water partition coefficient (Wildman–Crippen LogP) is 4.97. The molecule has 1 aromatic heterocycles. The normalized spacial score (nSPS) is 10.8. The highest BCUT2D eigenvalue weighted by Gasteiger charge is 2.19. The lowest BCUT2D eigenvalue weighted by Crippen LogP contribution is -1.90. The van der Waals surface area contributed by atoms with Gasteiger partial charge in [-0.3, -0.25) is 0 Å². The molecule has 0 saturated carbocycles. The van der Waals surface area contributed by atoms with Gasteiger partial charge < -0.3 is 10.3 Å². The van der Waals surface area contributed by atoms with Crippen LogP contribution >= 0.6 is 15.9 Å². The maximum atomic E-state index is 6.01. The van der Waals surface area contributed by atoms with E-state index in [2.05, 4.69) is 40.1 Å². The van der Waals surface area contributed by atoms with Crippen molar-refractivity contribution >= 4 is 21.8 Å². The second-order valence-corrected chi connectivity index (χ2v) is 6.01. The van der Waals surface area contributed by atoms with E-state index in [9.17, 15) is 0 Å². The van der Waals surface area contributed by atoms with Gasteiger partial charge in [0.15, 0.2) is 0 Å². The molecule has 21 heavy (non-hydrogen) atoms. The lowest BCUT2D eigenvalue weighted by Gasteiger charge is -2.07. The summed E-state index contributed by atoms with van der Waals surface area (Å²) in [5.74, 6) is 0.343. The highest BCUT2D eigenvalue weighted by atomic mass is 79.9. The summed E-state index contributed by atoms with van der Waals surface area (Å²) in [6.07, 6.45) is 0. The van der Waals surface area contributed by atoms with Crippen LogP contribution in [0, 0.1) is 13.8 Å². The number of hydrogen-bond acceptors (Lipinski definition) is 3. The van der Waals surface area contributed by atoms with E-state index >= 15 is 0 Å². The van der Waals surface area contributed by atoms with Gasteiger partial charge in [0.05, 0.1) is 5.56 Å². The third-order valence-electron chi connectivity index (χ3n) is 3.48. The van der Waals surface area contributed by atoms with Crippen LogP contribution in [0.1, 0.15) is 11.1 Å². The first-order chi connectivity index (χ1) is 10.1. The number of benzene rings is 2. The number of nitrogens with zero attached hydrogens (tertiary/aromatic N) is 1. The molecule has 0 aliphatic carbocycles. The van der Waals surface area contributed by atoms with Crippen LogP contribution < -0.4 is 5.73 Å². The second-order valence-electron chi connectivity index (χ2n) is 5.10. The maximum absolute atomic E-state index is 6.01. The summed E-state index contributed by atoms with van der Waals surface area (Å²) in [6.45, 7) is 4.10. The van der Waals surface area contributed by atoms with Crippen molar-refractivity contribution in [2.24, 2.45) is 0 Å². The van der Waals surface area contributed by atoms with Crippen LogP contribution in [0.2, 0.25) is 0 Å². The molecule has 3 rings (SSSR count). The minimum Gasteiger partial charge on any atom is -0.367 e. The standard InChI is InChI=1S/C17H15BrN2O/c1-10-4-3-5-12(8-10)15-16(20-21-17(15)19)14-9-13(18)7-6-11(14)2/h3-9H,19H2,1-2H3. The molecule has 4 heteroatoms. The average Bonchev–Trinajstić information content (AvgIpc) is 2.83. The Labute approximate surface area is 131 Å². The third-order valence-corrected chi connectivity index (χ3v) is 3.97. The summed E-state index contributed by atoms with van der Waals surface area (Å²) in [7, 11) is 0. The summed E-state index contributed by atoms with van der Waals surface area (Å²) in [4.78, 5) is 0. The molecule has 106 valence electrons. The molecule has 2 aromatic carbocycles. The fourth-order valence-electron chi connectivity index (χ4n) is 2.42. The first kappa shape index (κ1) is 13.9. The van der Waals surface area contributed by atoms with E-state index in [0.29, 0.717) is 5.88 Å². The van der Waals surface area contributed by atoms with Crippen molar-refractivity contribution in [3.8, 4) is 22.4 Å². The Kier molecular flexibility index (Phi) is 3.55. The van der Waals surface area contributed by atoms with Crippen LogP contribution in [-0.4, -0.2) is 5.16 Å². The molecule has 1 heterocycles. The van der Waals surface area contributed by atoms with E-state index in [-0.39, 0.29) is 0 Å². The average molecular weight is 343 g/mol. The molecule has 0 unspecified atom stereocenters. The summed E-state index contributed by atoms with van der Waals surface area (Å²) in [5.41, 5.74) is 12.0. The van der Waals surface area contributed by atoms with Gasteiger partial charge in [-0.1, -0.05) is 57.0 Å². The number of aryl methyl sites for hydroxylation is 2. The Morgan fingerprint density at radius 1 is 1.10 bits per heavy atom. The van der Waals surface area contributed by atoms with Crippen LogP contribution in [0.4, 0.5) is 5.88 Å². The Morgan fingerprint density at radius 3 is 2.67 bits per heavy atom. The number of anilines is 1. The zero-order valence-electron chi connectivity index (χ0n) is 11.9. The quantitative estimate of drug-likeness (QED) is 0.715. The Hall–Kier alpha value is -2.07. The molecule has 0 amide bonds. The number of nitrogen functional groups attached to an aromatic ring is 1. The molecule has 0 bridgehead atoms. The van der Waals surface area contributed by atoms with Crippen LogP contribution in [0.25, 0.3) is 22.4 Å². The van der Waals surface area contributed by atoms with Gasteiger partial charge in [-0.05, 0) is 37.1 Å². The summed E-state index contributed by atoms with van der Waals surface area (Å²) in [6, 6.07) is 14.3. The largest absolute Gasteiger partial charge is 0.367 e. The number of rotatable bonds is 2. The molecule has 0 saturated heterocycles. The molecule has 3 aromatic rings. The van der Waals surface area contributed by atoms with Gasteiger partial charge in [-0.25, -0.2) is 0 Å². The van der Waals surface area contributed by atoms with Crippen LogP contribution in [0.3, 0.4) is 0 Å². The molecule has 0 atom stereocenters. The zero-order chi connectivity index (χ0) is 15.0. The number of halogens is 1. The second kappa shape index (κ2) is 5.37. The van der Waals surface area contributed by atoms with Crippen molar-refractivity contribution in [2.45, 2.75) is 13.8 Å². The topological polar surface area (TPSA) is 52.0 Å². The smallest absolute Gasteiger partial charge is 0.230 e. The van der Waals surface area contributed by atoms with Crippen molar-refractivity contribution in [3.05, 3.63) is 58.1 Å². The summed E-state index contributed by atoms with van der Waals surface area (Å²) >= 11 is 3.50. The van der Waals surface area contributed by atoms with Crippen LogP contribution in [0.5, 0.6) is 0 Å². The van der Waals surface area contributed by atoms with Crippen molar-refractivity contribution in [3.63, 3.8) is 0 Å². The Morgan fingerprint density at radius 2 is 1.90 bits per heavy atom. The summed E-state index contributed by atoms with van der Waals surface area (Å²) < 4.78 is 6.25. The Balaban J connectivity index is 2.24. The number of nitrogens with two attached hydrogens (primary N) is 1. The monoisotopic (exact) mass is 342 g/mol. The van der Waals surface area contributed by atoms with Gasteiger partial charge >= 0.3 is 0 Å². The van der Waals surface area contributed by atoms with Gasteiger partial charge in [-0.15, -0.1) is 0 Å². The van der Waals surface area contributed by atoms with Crippen LogP contribution in [-0.2, 0) is 0 Å². The van der Waals surface area contributed by atoms with E-state index in [0.717, 1.165) is 32.4 Å². The number of hydrogen-bond donors (Lipinski definition) is 1. The van der Waals surface area contributed by atoms with Gasteiger partial charge in [0, 0.05) is 10.0 Å². The van der Waals surface area contributed by atoms with Gasteiger partial charge in [0.25, 0.3) is 0 Å².